The maximum atomic E-state index is 10.1. The molecule has 0 aromatic rings. The predicted molar refractivity (Wildman–Crippen MR) is 27.7 cm³/mol. The Labute approximate surface area is 43.6 Å². The highest BCUT2D eigenvalue weighted by Gasteiger charge is 2.07. The average molecular weight is 122 g/mol. The van der Waals surface area contributed by atoms with Gasteiger partial charge in [0.25, 0.3) is 0 Å². The van der Waals surface area contributed by atoms with Gasteiger partial charge in [-0.25, -0.2) is 13.6 Å². The molecule has 0 spiro atoms. The van der Waals surface area contributed by atoms with Gasteiger partial charge in [0.05, 0.1) is 0 Å². The quantitative estimate of drug-likeness (QED) is 0.525. The zero-order valence-corrected chi connectivity index (χ0v) is 5.12. The van der Waals surface area contributed by atoms with Crippen molar-refractivity contribution in [2.75, 3.05) is 0 Å². The topological polar surface area (TPSA) is 60.2 Å². The fraction of sp³-hybridized carbons (Fsp3) is 0.667. The van der Waals surface area contributed by atoms with Crippen LogP contribution >= 0.6 is 0 Å². The SMILES string of the molecule is C[C](C)S(N)(=O)=O. The van der Waals surface area contributed by atoms with Gasteiger partial charge in [-0.3, -0.25) is 0 Å². The second kappa shape index (κ2) is 1.79. The van der Waals surface area contributed by atoms with Gasteiger partial charge in [0, 0.05) is 0 Å². The molecule has 0 aromatic carbocycles. The summed E-state index contributed by atoms with van der Waals surface area (Å²) in [5, 5.41) is 4.86. The molecular weight excluding hydrogens is 114 g/mol. The first-order chi connectivity index (χ1) is 2.94. The fourth-order valence-corrected chi connectivity index (χ4v) is 0. The van der Waals surface area contributed by atoms with Crippen LogP contribution in [-0.2, 0) is 10.0 Å². The number of primary sulfonamides is 1. The van der Waals surface area contributed by atoms with Crippen LogP contribution in [0.3, 0.4) is 0 Å². The summed E-state index contributed by atoms with van der Waals surface area (Å²) in [4.78, 5) is 0. The van der Waals surface area contributed by atoms with E-state index in [1.807, 2.05) is 0 Å². The highest BCUT2D eigenvalue weighted by molar-refractivity contribution is 7.91. The molecule has 0 rings (SSSR count). The molecule has 43 valence electrons. The van der Waals surface area contributed by atoms with E-state index in [0.717, 1.165) is 0 Å². The normalized spacial score (nSPS) is 12.6. The Morgan fingerprint density at radius 3 is 1.57 bits per heavy atom. The van der Waals surface area contributed by atoms with E-state index in [0.29, 0.717) is 0 Å². The third-order valence-corrected chi connectivity index (χ3v) is 1.71. The third kappa shape index (κ3) is 2.59. The zero-order valence-electron chi connectivity index (χ0n) is 4.30. The Morgan fingerprint density at radius 1 is 1.43 bits per heavy atom. The Morgan fingerprint density at radius 2 is 1.57 bits per heavy atom. The van der Waals surface area contributed by atoms with Gasteiger partial charge in [-0.05, 0) is 13.8 Å². The lowest BCUT2D eigenvalue weighted by Crippen LogP contribution is -2.16. The Kier molecular flexibility index (Phi) is 1.77. The van der Waals surface area contributed by atoms with E-state index in [1.165, 1.54) is 13.8 Å². The third-order valence-electron chi connectivity index (χ3n) is 0.569. The first-order valence-corrected chi connectivity index (χ1v) is 3.32. The second-order valence-electron chi connectivity index (χ2n) is 1.45. The second-order valence-corrected chi connectivity index (χ2v) is 3.36. The van der Waals surface area contributed by atoms with Gasteiger partial charge in [0.2, 0.25) is 10.0 Å². The summed E-state index contributed by atoms with van der Waals surface area (Å²) in [6.45, 7) is 2.91. The van der Waals surface area contributed by atoms with E-state index in [9.17, 15) is 8.42 Å². The number of sulfonamides is 1. The number of hydrogen-bond donors (Lipinski definition) is 1. The van der Waals surface area contributed by atoms with Crippen LogP contribution < -0.4 is 5.14 Å². The van der Waals surface area contributed by atoms with E-state index in [1.54, 1.807) is 0 Å². The molecule has 0 heterocycles. The largest absolute Gasteiger partial charge is 0.228 e. The molecule has 0 fully saturated rings. The lowest BCUT2D eigenvalue weighted by atomic mass is 10.6. The summed E-state index contributed by atoms with van der Waals surface area (Å²) in [5.74, 6) is 0. The van der Waals surface area contributed by atoms with E-state index < -0.39 is 10.0 Å². The van der Waals surface area contributed by atoms with Gasteiger partial charge < -0.3 is 0 Å². The minimum Gasteiger partial charge on any atom is -0.228 e. The molecule has 0 unspecified atom stereocenters. The van der Waals surface area contributed by atoms with Gasteiger partial charge in [-0.2, -0.15) is 0 Å². The molecule has 0 saturated heterocycles. The van der Waals surface area contributed by atoms with Crippen LogP contribution in [0.2, 0.25) is 0 Å². The molecule has 4 heteroatoms. The maximum Gasteiger partial charge on any atom is 0.215 e. The van der Waals surface area contributed by atoms with Gasteiger partial charge >= 0.3 is 0 Å². The van der Waals surface area contributed by atoms with Crippen molar-refractivity contribution in [2.45, 2.75) is 13.8 Å². The van der Waals surface area contributed by atoms with E-state index in [4.69, 9.17) is 0 Å². The molecule has 2 N–H and O–H groups in total. The average Bonchev–Trinajstić information content (AvgIpc) is 1.31. The van der Waals surface area contributed by atoms with Crippen molar-refractivity contribution >= 4 is 10.0 Å². The molecule has 3 nitrogen and oxygen atoms in total. The summed E-state index contributed by atoms with van der Waals surface area (Å²) in [5.41, 5.74) is 0. The fourth-order valence-electron chi connectivity index (χ4n) is 0. The number of hydrogen-bond acceptors (Lipinski definition) is 2. The number of nitrogens with two attached hydrogens (primary N) is 1. The number of rotatable bonds is 1. The van der Waals surface area contributed by atoms with Crippen LogP contribution in [0, 0.1) is 5.25 Å². The molecule has 0 aliphatic heterocycles. The molecular formula is C3H8NO2S. The smallest absolute Gasteiger partial charge is 0.215 e. The van der Waals surface area contributed by atoms with Crippen molar-refractivity contribution in [1.82, 2.24) is 0 Å². The van der Waals surface area contributed by atoms with Crippen molar-refractivity contribution < 1.29 is 8.42 Å². The van der Waals surface area contributed by atoms with E-state index in [2.05, 4.69) is 5.14 Å². The van der Waals surface area contributed by atoms with Crippen LogP contribution in [0.5, 0.6) is 0 Å². The summed E-state index contributed by atoms with van der Waals surface area (Å²) in [7, 11) is -3.32. The molecule has 1 radical (unpaired) electrons. The Bertz CT molecular complexity index is 135. The summed E-state index contributed by atoms with van der Waals surface area (Å²) in [6.07, 6.45) is 0. The molecule has 7 heavy (non-hydrogen) atoms. The van der Waals surface area contributed by atoms with Crippen LogP contribution in [0.15, 0.2) is 0 Å². The predicted octanol–water partition coefficient (Wildman–Crippen LogP) is -0.153. The Balaban J connectivity index is 4.10. The van der Waals surface area contributed by atoms with Crippen molar-refractivity contribution in [3.63, 3.8) is 0 Å². The van der Waals surface area contributed by atoms with Crippen LogP contribution in [0.25, 0.3) is 0 Å². The van der Waals surface area contributed by atoms with E-state index >= 15 is 0 Å². The molecule has 0 atom stereocenters. The van der Waals surface area contributed by atoms with Gasteiger partial charge in [0.1, 0.15) is 5.25 Å². The van der Waals surface area contributed by atoms with Crippen LogP contribution in [0.1, 0.15) is 13.8 Å². The van der Waals surface area contributed by atoms with E-state index in [-0.39, 0.29) is 5.25 Å². The minimum atomic E-state index is -3.32. The molecule has 0 amide bonds. The maximum absolute atomic E-state index is 10.1. The highest BCUT2D eigenvalue weighted by atomic mass is 32.2. The summed E-state index contributed by atoms with van der Waals surface area (Å²) in [6, 6.07) is 0. The first-order valence-electron chi connectivity index (χ1n) is 1.77. The Hall–Kier alpha value is -0.0900. The van der Waals surface area contributed by atoms with Crippen LogP contribution in [0.4, 0.5) is 0 Å². The van der Waals surface area contributed by atoms with Crippen LogP contribution in [-0.4, -0.2) is 8.42 Å². The lowest BCUT2D eigenvalue weighted by Gasteiger charge is -1.95. The minimum absolute atomic E-state index is 0.243. The molecule has 0 saturated carbocycles. The van der Waals surface area contributed by atoms with Crippen molar-refractivity contribution in [1.29, 1.82) is 0 Å². The summed E-state index contributed by atoms with van der Waals surface area (Å²) >= 11 is 0. The monoisotopic (exact) mass is 122 g/mol. The molecule has 0 bridgehead atoms. The molecule has 0 aliphatic rings. The van der Waals surface area contributed by atoms with Gasteiger partial charge in [0.15, 0.2) is 0 Å². The van der Waals surface area contributed by atoms with Crippen molar-refractivity contribution in [2.24, 2.45) is 5.14 Å². The molecule has 0 aliphatic carbocycles. The standard InChI is InChI=1S/C3H8NO2S/c1-3(2)7(4,5)6/h1-2H3,(H2,4,5,6). The molecule has 0 aromatic heterocycles. The zero-order chi connectivity index (χ0) is 6.08. The highest BCUT2D eigenvalue weighted by Crippen LogP contribution is 1.99. The van der Waals surface area contributed by atoms with Gasteiger partial charge in [-0.1, -0.05) is 0 Å². The van der Waals surface area contributed by atoms with Crippen molar-refractivity contribution in [3.05, 3.63) is 5.25 Å². The van der Waals surface area contributed by atoms with Gasteiger partial charge in [-0.15, -0.1) is 0 Å². The first kappa shape index (κ1) is 6.91. The summed E-state index contributed by atoms with van der Waals surface area (Å²) < 4.78 is 20.1. The lowest BCUT2D eigenvalue weighted by molar-refractivity contribution is 0.598. The van der Waals surface area contributed by atoms with Crippen molar-refractivity contribution in [3.8, 4) is 0 Å².